The van der Waals surface area contributed by atoms with Crippen LogP contribution in [0, 0.1) is 5.92 Å². The molecule has 0 radical (unpaired) electrons. The Balaban J connectivity index is 1.79. The largest absolute Gasteiger partial charge is 0.396 e. The van der Waals surface area contributed by atoms with Crippen molar-refractivity contribution >= 4 is 0 Å². The van der Waals surface area contributed by atoms with Crippen molar-refractivity contribution in [2.45, 2.75) is 45.2 Å². The first-order valence-corrected chi connectivity index (χ1v) is 8.64. The molecule has 0 bridgehead atoms. The normalized spacial score (nSPS) is 20.7. The number of aromatic nitrogens is 2. The van der Waals surface area contributed by atoms with Gasteiger partial charge in [-0.3, -0.25) is 0 Å². The molecule has 4 nitrogen and oxygen atoms in total. The number of rotatable bonds is 5. The second kappa shape index (κ2) is 6.91. The van der Waals surface area contributed by atoms with Crippen LogP contribution in [0.3, 0.4) is 0 Å². The quantitative estimate of drug-likeness (QED) is 0.830. The standard InChI is InChI=1S/C20H27N3O/c1-20(2,3)19-16(12-21-17-10-9-15(11-17)14-24)13-23(22-19)18-7-5-4-6-8-18/h4-10,13,15,17,21,24H,11-12,14H2,1-3H3/t15-,17+/m0/s1. The van der Waals surface area contributed by atoms with E-state index in [-0.39, 0.29) is 17.9 Å². The van der Waals surface area contributed by atoms with Crippen LogP contribution in [-0.2, 0) is 12.0 Å². The van der Waals surface area contributed by atoms with Crippen molar-refractivity contribution in [2.75, 3.05) is 6.61 Å². The summed E-state index contributed by atoms with van der Waals surface area (Å²) >= 11 is 0. The predicted octanol–water partition coefficient (Wildman–Crippen LogP) is 3.20. The first-order chi connectivity index (χ1) is 11.5. The third-order valence-corrected chi connectivity index (χ3v) is 4.48. The van der Waals surface area contributed by atoms with E-state index < -0.39 is 0 Å². The van der Waals surface area contributed by atoms with Crippen LogP contribution in [0.1, 0.15) is 38.4 Å². The molecule has 128 valence electrons. The monoisotopic (exact) mass is 325 g/mol. The van der Waals surface area contributed by atoms with Crippen molar-refractivity contribution in [1.82, 2.24) is 15.1 Å². The molecule has 1 aliphatic rings. The topological polar surface area (TPSA) is 50.1 Å². The average molecular weight is 325 g/mol. The molecule has 2 atom stereocenters. The van der Waals surface area contributed by atoms with E-state index in [1.54, 1.807) is 0 Å². The van der Waals surface area contributed by atoms with Gasteiger partial charge in [-0.2, -0.15) is 5.10 Å². The van der Waals surface area contributed by atoms with Gasteiger partial charge in [0.05, 0.1) is 11.4 Å². The molecule has 0 aliphatic heterocycles. The SMILES string of the molecule is CC(C)(C)c1nn(-c2ccccc2)cc1CN[C@@H]1C=C[C@H](CO)C1. The highest BCUT2D eigenvalue weighted by Gasteiger charge is 2.24. The zero-order valence-corrected chi connectivity index (χ0v) is 14.7. The Labute approximate surface area is 144 Å². The van der Waals surface area contributed by atoms with Gasteiger partial charge in [-0.05, 0) is 18.6 Å². The number of hydrogen-bond donors (Lipinski definition) is 2. The van der Waals surface area contributed by atoms with Gasteiger partial charge in [0.15, 0.2) is 0 Å². The van der Waals surface area contributed by atoms with Crippen molar-refractivity contribution in [2.24, 2.45) is 5.92 Å². The molecule has 0 amide bonds. The molecule has 2 aromatic rings. The Morgan fingerprint density at radius 2 is 1.96 bits per heavy atom. The lowest BCUT2D eigenvalue weighted by Crippen LogP contribution is -2.27. The molecule has 1 aromatic carbocycles. The maximum Gasteiger partial charge on any atom is 0.0727 e. The van der Waals surface area contributed by atoms with Crippen molar-refractivity contribution in [3.63, 3.8) is 0 Å². The molecule has 4 heteroatoms. The minimum atomic E-state index is -0.00378. The van der Waals surface area contributed by atoms with E-state index in [2.05, 4.69) is 56.6 Å². The van der Waals surface area contributed by atoms with Crippen LogP contribution in [0.2, 0.25) is 0 Å². The molecule has 1 aromatic heterocycles. The van der Waals surface area contributed by atoms with Crippen molar-refractivity contribution < 1.29 is 5.11 Å². The molecule has 1 aliphatic carbocycles. The van der Waals surface area contributed by atoms with Gasteiger partial charge in [-0.1, -0.05) is 51.1 Å². The summed E-state index contributed by atoms with van der Waals surface area (Å²) in [5.74, 6) is 0.289. The summed E-state index contributed by atoms with van der Waals surface area (Å²) in [7, 11) is 0. The van der Waals surface area contributed by atoms with E-state index in [9.17, 15) is 5.11 Å². The first-order valence-electron chi connectivity index (χ1n) is 8.64. The van der Waals surface area contributed by atoms with E-state index in [1.165, 1.54) is 5.56 Å². The van der Waals surface area contributed by atoms with Crippen molar-refractivity contribution in [3.05, 3.63) is 59.9 Å². The third-order valence-electron chi connectivity index (χ3n) is 4.48. The van der Waals surface area contributed by atoms with Crippen LogP contribution in [0.5, 0.6) is 0 Å². The predicted molar refractivity (Wildman–Crippen MR) is 97.2 cm³/mol. The fraction of sp³-hybridized carbons (Fsp3) is 0.450. The van der Waals surface area contributed by atoms with E-state index in [0.717, 1.165) is 24.3 Å². The number of benzene rings is 1. The van der Waals surface area contributed by atoms with Gasteiger partial charge in [0.25, 0.3) is 0 Å². The summed E-state index contributed by atoms with van der Waals surface area (Å²) in [4.78, 5) is 0. The van der Waals surface area contributed by atoms with Gasteiger partial charge in [0.1, 0.15) is 0 Å². The molecule has 0 saturated heterocycles. The Bertz CT molecular complexity index is 697. The second-order valence-electron chi connectivity index (χ2n) is 7.58. The lowest BCUT2D eigenvalue weighted by molar-refractivity contribution is 0.246. The van der Waals surface area contributed by atoms with Crippen LogP contribution in [0.25, 0.3) is 5.69 Å². The minimum Gasteiger partial charge on any atom is -0.396 e. The molecule has 24 heavy (non-hydrogen) atoms. The number of aliphatic hydroxyl groups excluding tert-OH is 1. The summed E-state index contributed by atoms with van der Waals surface area (Å²) in [5.41, 5.74) is 3.43. The summed E-state index contributed by atoms with van der Waals surface area (Å²) in [6, 6.07) is 10.6. The maximum absolute atomic E-state index is 9.26. The molecule has 1 heterocycles. The van der Waals surface area contributed by atoms with Gasteiger partial charge < -0.3 is 10.4 Å². The van der Waals surface area contributed by atoms with Crippen LogP contribution < -0.4 is 5.32 Å². The number of nitrogens with one attached hydrogen (secondary N) is 1. The van der Waals surface area contributed by atoms with Crippen LogP contribution in [0.4, 0.5) is 0 Å². The molecule has 0 unspecified atom stereocenters. The van der Waals surface area contributed by atoms with Gasteiger partial charge >= 0.3 is 0 Å². The fourth-order valence-corrected chi connectivity index (χ4v) is 3.19. The molecule has 0 spiro atoms. The Hall–Kier alpha value is -1.91. The highest BCUT2D eigenvalue weighted by atomic mass is 16.3. The second-order valence-corrected chi connectivity index (χ2v) is 7.58. The van der Waals surface area contributed by atoms with Gasteiger partial charge in [0.2, 0.25) is 0 Å². The lowest BCUT2D eigenvalue weighted by Gasteiger charge is -2.19. The molecule has 0 saturated carbocycles. The van der Waals surface area contributed by atoms with E-state index in [1.807, 2.05) is 22.9 Å². The van der Waals surface area contributed by atoms with E-state index >= 15 is 0 Å². The van der Waals surface area contributed by atoms with Gasteiger partial charge in [-0.25, -0.2) is 4.68 Å². The fourth-order valence-electron chi connectivity index (χ4n) is 3.19. The van der Waals surface area contributed by atoms with Gasteiger partial charge in [0, 0.05) is 42.3 Å². The molecule has 0 fully saturated rings. The smallest absolute Gasteiger partial charge is 0.0727 e. The van der Waals surface area contributed by atoms with E-state index in [4.69, 9.17) is 5.10 Å². The van der Waals surface area contributed by atoms with Crippen LogP contribution >= 0.6 is 0 Å². The number of hydrogen-bond acceptors (Lipinski definition) is 3. The van der Waals surface area contributed by atoms with E-state index in [0.29, 0.717) is 6.04 Å². The Morgan fingerprint density at radius 1 is 1.21 bits per heavy atom. The highest BCUT2D eigenvalue weighted by molar-refractivity contribution is 5.34. The zero-order valence-electron chi connectivity index (χ0n) is 14.7. The Morgan fingerprint density at radius 3 is 2.58 bits per heavy atom. The summed E-state index contributed by atoms with van der Waals surface area (Å²) in [6.07, 6.45) is 7.37. The maximum atomic E-state index is 9.26. The lowest BCUT2D eigenvalue weighted by atomic mass is 9.89. The summed E-state index contributed by atoms with van der Waals surface area (Å²) in [5, 5.41) is 17.7. The van der Waals surface area contributed by atoms with Gasteiger partial charge in [-0.15, -0.1) is 0 Å². The summed E-state index contributed by atoms with van der Waals surface area (Å²) < 4.78 is 1.97. The average Bonchev–Trinajstić information content (AvgIpc) is 3.20. The highest BCUT2D eigenvalue weighted by Crippen LogP contribution is 2.26. The third kappa shape index (κ3) is 3.77. The van der Waals surface area contributed by atoms with Crippen LogP contribution in [-0.4, -0.2) is 27.5 Å². The Kier molecular flexibility index (Phi) is 4.88. The molecule has 2 N–H and O–H groups in total. The first kappa shape index (κ1) is 16.9. The number of para-hydroxylation sites is 1. The van der Waals surface area contributed by atoms with Crippen LogP contribution in [0.15, 0.2) is 48.7 Å². The van der Waals surface area contributed by atoms with Crippen molar-refractivity contribution in [1.29, 1.82) is 0 Å². The molecular formula is C20H27N3O. The zero-order chi connectivity index (χ0) is 17.2. The number of nitrogens with zero attached hydrogens (tertiary/aromatic N) is 2. The summed E-state index contributed by atoms with van der Waals surface area (Å²) in [6.45, 7) is 7.61. The molecular weight excluding hydrogens is 298 g/mol. The molecule has 3 rings (SSSR count). The number of aliphatic hydroxyl groups is 1. The minimum absolute atomic E-state index is 0.00378. The van der Waals surface area contributed by atoms with Crippen molar-refractivity contribution in [3.8, 4) is 5.69 Å².